The average Bonchev–Trinajstić information content (AvgIpc) is 2.89. The van der Waals surface area contributed by atoms with Gasteiger partial charge in [0.05, 0.1) is 12.0 Å². The van der Waals surface area contributed by atoms with Crippen LogP contribution in [0, 0.1) is 17.3 Å². The molecule has 0 radical (unpaired) electrons. The monoisotopic (exact) mass is 595 g/mol. The lowest BCUT2D eigenvalue weighted by Gasteiger charge is -2.38. The van der Waals surface area contributed by atoms with E-state index in [9.17, 15) is 32.8 Å². The molecule has 0 aliphatic heterocycles. The Kier molecular flexibility index (Phi) is 23.9. The summed E-state index contributed by atoms with van der Waals surface area (Å²) in [6, 6.07) is 0. The van der Waals surface area contributed by atoms with Crippen molar-refractivity contribution in [2.75, 3.05) is 26.2 Å². The van der Waals surface area contributed by atoms with Gasteiger partial charge in [0, 0.05) is 6.54 Å². The second-order valence-corrected chi connectivity index (χ2v) is 12.7. The SMILES string of the molecule is CCCCC(CC)CC(CC(CC)CCCC)(C(=O)O)C(C(=O)O)S(=O)(=O)O.CCCCN(CCO)CCCC. The summed E-state index contributed by atoms with van der Waals surface area (Å²) in [5.74, 6) is -3.50. The van der Waals surface area contributed by atoms with Gasteiger partial charge in [0.1, 0.15) is 0 Å². The van der Waals surface area contributed by atoms with Crippen LogP contribution in [0.25, 0.3) is 0 Å². The normalized spacial score (nSPS) is 15.5. The maximum atomic E-state index is 12.4. The van der Waals surface area contributed by atoms with Crippen LogP contribution in [-0.2, 0) is 19.7 Å². The van der Waals surface area contributed by atoms with Gasteiger partial charge in [-0.2, -0.15) is 8.42 Å². The lowest BCUT2D eigenvalue weighted by Crippen LogP contribution is -2.53. The topological polar surface area (TPSA) is 152 Å². The molecule has 9 nitrogen and oxygen atoms in total. The molecule has 0 saturated carbocycles. The predicted octanol–water partition coefficient (Wildman–Crippen LogP) is 6.49. The second-order valence-electron chi connectivity index (χ2n) is 11.2. The Morgan fingerprint density at radius 1 is 0.725 bits per heavy atom. The first-order chi connectivity index (χ1) is 18.8. The number of aliphatic carboxylic acids is 2. The first kappa shape index (κ1) is 40.9. The first-order valence-electron chi connectivity index (χ1n) is 15.6. The van der Waals surface area contributed by atoms with Crippen LogP contribution < -0.4 is 0 Å². The van der Waals surface area contributed by atoms with E-state index >= 15 is 0 Å². The molecule has 0 aliphatic rings. The fourth-order valence-electron chi connectivity index (χ4n) is 5.39. The Hall–Kier alpha value is -1.23. The van der Waals surface area contributed by atoms with Crippen molar-refractivity contribution < 1.29 is 37.9 Å². The standard InChI is InChI=1S/C20H38O7S.C10H23NO/c1-5-9-11-15(7-3)13-20(19(23)24,14-16(8-4)12-10-6-2)17(18(21)22)28(25,26)27;1-3-5-7-11(9-10-12)8-6-4-2/h15-17H,5-14H2,1-4H3,(H,21,22)(H,23,24)(H,25,26,27);12H,3-10H2,1-2H3. The van der Waals surface area contributed by atoms with Crippen LogP contribution in [-0.4, -0.2) is 76.6 Å². The van der Waals surface area contributed by atoms with Gasteiger partial charge in [0.15, 0.2) is 5.25 Å². The highest BCUT2D eigenvalue weighted by Crippen LogP contribution is 2.44. The molecular formula is C30H61NO8S. The minimum atomic E-state index is -5.10. The fourth-order valence-corrected chi connectivity index (χ4v) is 6.51. The number of nitrogens with zero attached hydrogens (tertiary/aromatic N) is 1. The van der Waals surface area contributed by atoms with E-state index in [4.69, 9.17) is 5.11 Å². The lowest BCUT2D eigenvalue weighted by atomic mass is 9.68. The highest BCUT2D eigenvalue weighted by atomic mass is 32.2. The maximum absolute atomic E-state index is 12.4. The number of hydrogen-bond acceptors (Lipinski definition) is 6. The van der Waals surface area contributed by atoms with Crippen molar-refractivity contribution in [2.24, 2.45) is 17.3 Å². The molecule has 0 rings (SSSR count). The molecule has 0 aliphatic carbocycles. The molecule has 0 saturated heterocycles. The molecule has 10 heteroatoms. The molecular weight excluding hydrogens is 534 g/mol. The molecule has 40 heavy (non-hydrogen) atoms. The molecule has 0 fully saturated rings. The van der Waals surface area contributed by atoms with Gasteiger partial charge in [-0.15, -0.1) is 0 Å². The van der Waals surface area contributed by atoms with Crippen LogP contribution >= 0.6 is 0 Å². The molecule has 3 atom stereocenters. The van der Waals surface area contributed by atoms with Gasteiger partial charge in [0.25, 0.3) is 10.1 Å². The molecule has 0 heterocycles. The van der Waals surface area contributed by atoms with Gasteiger partial charge >= 0.3 is 11.9 Å². The van der Waals surface area contributed by atoms with Crippen LogP contribution in [0.5, 0.6) is 0 Å². The Labute approximate surface area is 244 Å². The molecule has 0 aromatic heterocycles. The Morgan fingerprint density at radius 2 is 1.12 bits per heavy atom. The highest BCUT2D eigenvalue weighted by Gasteiger charge is 2.57. The van der Waals surface area contributed by atoms with Crippen LogP contribution in [0.4, 0.5) is 0 Å². The summed E-state index contributed by atoms with van der Waals surface area (Å²) >= 11 is 0. The average molecular weight is 596 g/mol. The number of aliphatic hydroxyl groups is 1. The molecule has 0 amide bonds. The van der Waals surface area contributed by atoms with E-state index in [0.29, 0.717) is 32.3 Å². The smallest absolute Gasteiger partial charge is 0.325 e. The zero-order valence-corrected chi connectivity index (χ0v) is 27.1. The van der Waals surface area contributed by atoms with Gasteiger partial charge < -0.3 is 20.2 Å². The number of carboxylic acids is 2. The lowest BCUT2D eigenvalue weighted by molar-refractivity contribution is -0.158. The largest absolute Gasteiger partial charge is 0.481 e. The summed E-state index contributed by atoms with van der Waals surface area (Å²) in [4.78, 5) is 26.6. The third kappa shape index (κ3) is 16.3. The van der Waals surface area contributed by atoms with Crippen LogP contribution in [0.15, 0.2) is 0 Å². The third-order valence-corrected chi connectivity index (χ3v) is 9.16. The zero-order chi connectivity index (χ0) is 31.2. The molecule has 240 valence electrons. The van der Waals surface area contributed by atoms with Crippen LogP contribution in [0.3, 0.4) is 0 Å². The fraction of sp³-hybridized carbons (Fsp3) is 0.933. The van der Waals surface area contributed by atoms with Gasteiger partial charge in [0.2, 0.25) is 0 Å². The number of hydrogen-bond donors (Lipinski definition) is 4. The number of aliphatic hydroxyl groups excluding tert-OH is 1. The molecule has 0 spiro atoms. The number of carboxylic acid groups (broad SMARTS) is 2. The van der Waals surface area contributed by atoms with Gasteiger partial charge in [-0.05, 0) is 50.6 Å². The number of unbranched alkanes of at least 4 members (excludes halogenated alkanes) is 4. The van der Waals surface area contributed by atoms with E-state index in [1.54, 1.807) is 0 Å². The van der Waals surface area contributed by atoms with Crippen molar-refractivity contribution >= 4 is 22.1 Å². The highest BCUT2D eigenvalue weighted by molar-refractivity contribution is 7.87. The minimum absolute atomic E-state index is 0.0712. The van der Waals surface area contributed by atoms with Gasteiger partial charge in [-0.1, -0.05) is 106 Å². The summed E-state index contributed by atoms with van der Waals surface area (Å²) in [5.41, 5.74) is -2.05. The number of rotatable bonds is 24. The van der Waals surface area contributed by atoms with Crippen molar-refractivity contribution in [3.05, 3.63) is 0 Å². The van der Waals surface area contributed by atoms with E-state index in [2.05, 4.69) is 18.7 Å². The van der Waals surface area contributed by atoms with Gasteiger partial charge in [-0.25, -0.2) is 0 Å². The van der Waals surface area contributed by atoms with E-state index < -0.39 is 32.7 Å². The Balaban J connectivity index is 0. The first-order valence-corrected chi connectivity index (χ1v) is 17.1. The molecule has 0 aromatic carbocycles. The van der Waals surface area contributed by atoms with Crippen molar-refractivity contribution in [1.82, 2.24) is 4.90 Å². The van der Waals surface area contributed by atoms with Crippen LogP contribution in [0.1, 0.15) is 131 Å². The summed E-state index contributed by atoms with van der Waals surface area (Å²) in [6.07, 6.45) is 11.0. The Bertz CT molecular complexity index is 733. The summed E-state index contributed by atoms with van der Waals surface area (Å²) in [5, 5.41) is 26.1. The molecule has 0 bridgehead atoms. The second kappa shape index (κ2) is 23.3. The molecule has 4 N–H and O–H groups in total. The minimum Gasteiger partial charge on any atom is -0.481 e. The Morgan fingerprint density at radius 3 is 1.38 bits per heavy atom. The summed E-state index contributed by atoms with van der Waals surface area (Å²) in [6.45, 7) is 15.7. The third-order valence-electron chi connectivity index (χ3n) is 7.91. The quantitative estimate of drug-likeness (QED) is 0.0917. The number of carbonyl (C=O) groups is 2. The van der Waals surface area contributed by atoms with E-state index in [1.807, 2.05) is 27.7 Å². The summed E-state index contributed by atoms with van der Waals surface area (Å²) < 4.78 is 33.7. The van der Waals surface area contributed by atoms with Crippen molar-refractivity contribution in [3.8, 4) is 0 Å². The van der Waals surface area contributed by atoms with E-state index in [-0.39, 0.29) is 24.7 Å². The summed E-state index contributed by atoms with van der Waals surface area (Å²) in [7, 11) is -5.10. The molecule has 0 aromatic rings. The van der Waals surface area contributed by atoms with Crippen LogP contribution in [0.2, 0.25) is 0 Å². The van der Waals surface area contributed by atoms with E-state index in [0.717, 1.165) is 45.3 Å². The van der Waals surface area contributed by atoms with Crippen molar-refractivity contribution in [2.45, 2.75) is 137 Å². The van der Waals surface area contributed by atoms with Crippen molar-refractivity contribution in [3.63, 3.8) is 0 Å². The molecule has 3 unspecified atom stereocenters. The van der Waals surface area contributed by atoms with E-state index in [1.165, 1.54) is 25.7 Å². The predicted molar refractivity (Wildman–Crippen MR) is 162 cm³/mol. The maximum Gasteiger partial charge on any atom is 0.325 e. The van der Waals surface area contributed by atoms with Gasteiger partial charge in [-0.3, -0.25) is 14.1 Å². The van der Waals surface area contributed by atoms with Crippen molar-refractivity contribution in [1.29, 1.82) is 0 Å². The zero-order valence-electron chi connectivity index (χ0n) is 26.2.